The SMILES string of the molecule is CC(C)(C)n1nc(-c2cc(F)cc(F)c2)c2c1CCNC2. The maximum atomic E-state index is 13.5. The molecule has 3 nitrogen and oxygen atoms in total. The molecule has 0 saturated heterocycles. The highest BCUT2D eigenvalue weighted by Gasteiger charge is 2.27. The van der Waals surface area contributed by atoms with Gasteiger partial charge in [-0.05, 0) is 32.9 Å². The van der Waals surface area contributed by atoms with E-state index < -0.39 is 11.6 Å². The molecule has 0 unspecified atom stereocenters. The highest BCUT2D eigenvalue weighted by Crippen LogP contribution is 2.31. The Morgan fingerprint density at radius 2 is 1.81 bits per heavy atom. The summed E-state index contributed by atoms with van der Waals surface area (Å²) < 4.78 is 29.0. The van der Waals surface area contributed by atoms with Crippen molar-refractivity contribution in [3.63, 3.8) is 0 Å². The lowest BCUT2D eigenvalue weighted by atomic mass is 10.0. The first kappa shape index (κ1) is 14.2. The normalized spacial score (nSPS) is 15.1. The fourth-order valence-electron chi connectivity index (χ4n) is 2.83. The van der Waals surface area contributed by atoms with Crippen LogP contribution in [0.25, 0.3) is 11.3 Å². The molecule has 0 spiro atoms. The van der Waals surface area contributed by atoms with E-state index >= 15 is 0 Å². The number of hydrogen-bond donors (Lipinski definition) is 1. The van der Waals surface area contributed by atoms with Crippen LogP contribution in [0.5, 0.6) is 0 Å². The minimum absolute atomic E-state index is 0.161. The molecule has 0 bridgehead atoms. The van der Waals surface area contributed by atoms with Crippen molar-refractivity contribution in [1.82, 2.24) is 15.1 Å². The lowest BCUT2D eigenvalue weighted by Gasteiger charge is -2.24. The summed E-state index contributed by atoms with van der Waals surface area (Å²) in [7, 11) is 0. The summed E-state index contributed by atoms with van der Waals surface area (Å²) in [5.74, 6) is -1.15. The second-order valence-corrected chi connectivity index (χ2v) is 6.44. The van der Waals surface area contributed by atoms with E-state index in [2.05, 4.69) is 31.2 Å². The number of fused-ring (bicyclic) bond motifs is 1. The molecule has 2 heterocycles. The molecule has 0 atom stereocenters. The fourth-order valence-corrected chi connectivity index (χ4v) is 2.83. The van der Waals surface area contributed by atoms with Gasteiger partial charge in [0.15, 0.2) is 0 Å². The van der Waals surface area contributed by atoms with Gasteiger partial charge in [-0.2, -0.15) is 5.10 Å². The van der Waals surface area contributed by atoms with E-state index in [9.17, 15) is 8.78 Å². The number of hydrogen-bond acceptors (Lipinski definition) is 2. The first-order chi connectivity index (χ1) is 9.86. The molecule has 21 heavy (non-hydrogen) atoms. The number of aromatic nitrogens is 2. The van der Waals surface area contributed by atoms with Gasteiger partial charge in [0, 0.05) is 42.4 Å². The Balaban J connectivity index is 2.21. The average Bonchev–Trinajstić information content (AvgIpc) is 2.76. The van der Waals surface area contributed by atoms with Gasteiger partial charge in [-0.1, -0.05) is 0 Å². The van der Waals surface area contributed by atoms with Gasteiger partial charge in [0.2, 0.25) is 0 Å². The van der Waals surface area contributed by atoms with E-state index in [1.807, 2.05) is 4.68 Å². The number of benzene rings is 1. The van der Waals surface area contributed by atoms with Gasteiger partial charge in [0.25, 0.3) is 0 Å². The fraction of sp³-hybridized carbons (Fsp3) is 0.438. The topological polar surface area (TPSA) is 29.9 Å². The van der Waals surface area contributed by atoms with E-state index in [-0.39, 0.29) is 5.54 Å². The maximum absolute atomic E-state index is 13.5. The average molecular weight is 291 g/mol. The van der Waals surface area contributed by atoms with Crippen LogP contribution in [0.4, 0.5) is 8.78 Å². The zero-order valence-corrected chi connectivity index (χ0v) is 12.5. The summed E-state index contributed by atoms with van der Waals surface area (Å²) >= 11 is 0. The van der Waals surface area contributed by atoms with E-state index in [0.717, 1.165) is 30.3 Å². The summed E-state index contributed by atoms with van der Waals surface area (Å²) in [4.78, 5) is 0. The van der Waals surface area contributed by atoms with E-state index in [1.54, 1.807) is 0 Å². The molecule has 2 aromatic rings. The summed E-state index contributed by atoms with van der Waals surface area (Å²) in [6.07, 6.45) is 0.872. The zero-order chi connectivity index (χ0) is 15.2. The van der Waals surface area contributed by atoms with Crippen LogP contribution in [0.1, 0.15) is 32.0 Å². The van der Waals surface area contributed by atoms with Gasteiger partial charge in [-0.25, -0.2) is 8.78 Å². The Labute approximate surface area is 123 Å². The lowest BCUT2D eigenvalue weighted by molar-refractivity contribution is 0.340. The predicted molar refractivity (Wildman–Crippen MR) is 78.0 cm³/mol. The van der Waals surface area contributed by atoms with Crippen molar-refractivity contribution in [2.75, 3.05) is 6.54 Å². The molecule has 3 rings (SSSR count). The van der Waals surface area contributed by atoms with Crippen LogP contribution in [0.3, 0.4) is 0 Å². The lowest BCUT2D eigenvalue weighted by Crippen LogP contribution is -2.30. The Morgan fingerprint density at radius 3 is 2.43 bits per heavy atom. The first-order valence-electron chi connectivity index (χ1n) is 7.15. The van der Waals surface area contributed by atoms with E-state index in [1.165, 1.54) is 12.1 Å². The van der Waals surface area contributed by atoms with Crippen LogP contribution in [-0.2, 0) is 18.5 Å². The summed E-state index contributed by atoms with van der Waals surface area (Å²) in [5.41, 5.74) is 3.20. The summed E-state index contributed by atoms with van der Waals surface area (Å²) in [6, 6.07) is 3.57. The van der Waals surface area contributed by atoms with E-state index in [4.69, 9.17) is 0 Å². The molecule has 0 saturated carbocycles. The van der Waals surface area contributed by atoms with Gasteiger partial charge in [-0.3, -0.25) is 4.68 Å². The molecule has 0 radical (unpaired) electrons. The van der Waals surface area contributed by atoms with Crippen LogP contribution in [0, 0.1) is 11.6 Å². The smallest absolute Gasteiger partial charge is 0.126 e. The van der Waals surface area contributed by atoms with Crippen molar-refractivity contribution < 1.29 is 8.78 Å². The molecule has 0 fully saturated rings. The summed E-state index contributed by atoms with van der Waals surface area (Å²) in [5, 5.41) is 7.96. The summed E-state index contributed by atoms with van der Waals surface area (Å²) in [6.45, 7) is 7.82. The monoisotopic (exact) mass is 291 g/mol. The molecule has 1 aliphatic rings. The third-order valence-electron chi connectivity index (χ3n) is 3.70. The van der Waals surface area contributed by atoms with Crippen molar-refractivity contribution in [2.45, 2.75) is 39.3 Å². The third kappa shape index (κ3) is 2.58. The Bertz CT molecular complexity index is 663. The minimum atomic E-state index is -0.576. The van der Waals surface area contributed by atoms with Gasteiger partial charge >= 0.3 is 0 Å². The second kappa shape index (κ2) is 4.91. The van der Waals surface area contributed by atoms with Gasteiger partial charge in [0.05, 0.1) is 11.2 Å². The van der Waals surface area contributed by atoms with Crippen molar-refractivity contribution in [3.05, 3.63) is 41.1 Å². The molecular formula is C16H19F2N3. The van der Waals surface area contributed by atoms with Crippen molar-refractivity contribution >= 4 is 0 Å². The van der Waals surface area contributed by atoms with Crippen LogP contribution < -0.4 is 5.32 Å². The molecule has 1 N–H and O–H groups in total. The predicted octanol–water partition coefficient (Wildman–Crippen LogP) is 3.23. The van der Waals surface area contributed by atoms with Crippen LogP contribution in [0.15, 0.2) is 18.2 Å². The quantitative estimate of drug-likeness (QED) is 0.874. The number of nitrogens with one attached hydrogen (secondary N) is 1. The molecule has 1 aliphatic heterocycles. The van der Waals surface area contributed by atoms with Crippen molar-refractivity contribution in [1.29, 1.82) is 0 Å². The van der Waals surface area contributed by atoms with Gasteiger partial charge in [0.1, 0.15) is 11.6 Å². The van der Waals surface area contributed by atoms with Crippen LogP contribution >= 0.6 is 0 Å². The first-order valence-corrected chi connectivity index (χ1v) is 7.15. The van der Waals surface area contributed by atoms with Crippen LogP contribution in [0.2, 0.25) is 0 Å². The molecule has 1 aromatic heterocycles. The Hall–Kier alpha value is -1.75. The third-order valence-corrected chi connectivity index (χ3v) is 3.70. The number of rotatable bonds is 1. The maximum Gasteiger partial charge on any atom is 0.126 e. The number of halogens is 2. The van der Waals surface area contributed by atoms with Crippen LogP contribution in [-0.4, -0.2) is 16.3 Å². The molecular weight excluding hydrogens is 272 g/mol. The molecule has 0 aliphatic carbocycles. The highest BCUT2D eigenvalue weighted by atomic mass is 19.1. The molecule has 1 aromatic carbocycles. The molecule has 5 heteroatoms. The van der Waals surface area contributed by atoms with Gasteiger partial charge in [-0.15, -0.1) is 0 Å². The highest BCUT2D eigenvalue weighted by molar-refractivity contribution is 5.65. The second-order valence-electron chi connectivity index (χ2n) is 6.44. The van der Waals surface area contributed by atoms with Crippen molar-refractivity contribution in [3.8, 4) is 11.3 Å². The largest absolute Gasteiger partial charge is 0.312 e. The number of nitrogens with zero attached hydrogens (tertiary/aromatic N) is 2. The minimum Gasteiger partial charge on any atom is -0.312 e. The Kier molecular flexibility index (Phi) is 3.32. The standard InChI is InChI=1S/C16H19F2N3/c1-16(2,3)21-14-4-5-19-9-13(14)15(20-21)10-6-11(17)8-12(18)7-10/h6-8,19H,4-5,9H2,1-3H3. The molecule has 112 valence electrons. The van der Waals surface area contributed by atoms with Crippen molar-refractivity contribution in [2.24, 2.45) is 0 Å². The zero-order valence-electron chi connectivity index (χ0n) is 12.5. The van der Waals surface area contributed by atoms with E-state index in [0.29, 0.717) is 17.8 Å². The Morgan fingerprint density at radius 1 is 1.14 bits per heavy atom. The molecule has 0 amide bonds. The van der Waals surface area contributed by atoms with Gasteiger partial charge < -0.3 is 5.32 Å².